The van der Waals surface area contributed by atoms with E-state index in [0.29, 0.717) is 0 Å². The third-order valence-corrected chi connectivity index (χ3v) is 9.09. The molecule has 8 heteroatoms. The molecule has 1 aliphatic carbocycles. The van der Waals surface area contributed by atoms with Gasteiger partial charge in [-0.3, -0.25) is 0 Å². The zero-order valence-corrected chi connectivity index (χ0v) is 17.5. The molecule has 2 N–H and O–H groups in total. The van der Waals surface area contributed by atoms with Crippen LogP contribution in [0.1, 0.15) is 38.2 Å². The van der Waals surface area contributed by atoms with Crippen LogP contribution >= 0.6 is 35.1 Å². The van der Waals surface area contributed by atoms with Crippen LogP contribution in [0, 0.1) is 39.3 Å². The zero-order chi connectivity index (χ0) is 19.9. The Morgan fingerprint density at radius 1 is 1.22 bits per heavy atom. The molecular weight excluding hydrogens is 403 g/mol. The van der Waals surface area contributed by atoms with Crippen LogP contribution < -0.4 is 5.73 Å². The third-order valence-electron chi connectivity index (χ3n) is 5.22. The highest BCUT2D eigenvalue weighted by molar-refractivity contribution is 8.18. The fourth-order valence-electron chi connectivity index (χ4n) is 4.06. The van der Waals surface area contributed by atoms with Gasteiger partial charge in [0.15, 0.2) is 4.20 Å². The Hall–Kier alpha value is -1.41. The Morgan fingerprint density at radius 2 is 1.85 bits per heavy atom. The van der Waals surface area contributed by atoms with Crippen LogP contribution in [0.15, 0.2) is 23.2 Å². The lowest BCUT2D eigenvalue weighted by Crippen LogP contribution is -2.32. The predicted molar refractivity (Wildman–Crippen MR) is 110 cm³/mol. The summed E-state index contributed by atoms with van der Waals surface area (Å²) in [5.41, 5.74) is 3.85. The van der Waals surface area contributed by atoms with Crippen LogP contribution in [0.5, 0.6) is 0 Å². The standard InChI is InChI=1S/C19H20ClFN4S2/c1-3-8-26-19(27-9-4-2)18(11-23)15(17(18,10-22)16(24)25-19)14-12(20)6-5-7-13(14)21/h5-7,15H,3-4,8-9H2,1-2H3,(H2,24,25). The molecule has 0 spiro atoms. The van der Waals surface area contributed by atoms with Gasteiger partial charge in [0.1, 0.15) is 22.5 Å². The van der Waals surface area contributed by atoms with E-state index >= 15 is 0 Å². The van der Waals surface area contributed by atoms with E-state index in [0.717, 1.165) is 24.3 Å². The monoisotopic (exact) mass is 422 g/mol. The molecule has 1 aromatic rings. The van der Waals surface area contributed by atoms with Crippen LogP contribution in [0.2, 0.25) is 5.02 Å². The number of fused-ring (bicyclic) bond motifs is 1. The Kier molecular flexibility index (Phi) is 5.42. The van der Waals surface area contributed by atoms with Gasteiger partial charge >= 0.3 is 0 Å². The maximum atomic E-state index is 14.7. The summed E-state index contributed by atoms with van der Waals surface area (Å²) in [5.74, 6) is 0.378. The lowest BCUT2D eigenvalue weighted by atomic mass is 9.97. The molecule has 0 saturated heterocycles. The molecule has 1 fully saturated rings. The number of benzene rings is 1. The summed E-state index contributed by atoms with van der Waals surface area (Å²) < 4.78 is 13.8. The highest BCUT2D eigenvalue weighted by Gasteiger charge is 2.92. The van der Waals surface area contributed by atoms with Crippen LogP contribution in [-0.2, 0) is 0 Å². The number of nitriles is 2. The van der Waals surface area contributed by atoms with E-state index in [1.54, 1.807) is 6.07 Å². The fourth-order valence-corrected chi connectivity index (χ4v) is 7.56. The van der Waals surface area contributed by atoms with Crippen LogP contribution in [-0.4, -0.2) is 21.5 Å². The molecule has 0 radical (unpaired) electrons. The molecular formula is C19H20ClFN4S2. The number of thioether (sulfide) groups is 2. The first-order valence-electron chi connectivity index (χ1n) is 8.82. The molecule has 2 aliphatic rings. The van der Waals surface area contributed by atoms with Crippen molar-refractivity contribution in [1.29, 1.82) is 10.5 Å². The van der Waals surface area contributed by atoms with Gasteiger partial charge < -0.3 is 5.73 Å². The van der Waals surface area contributed by atoms with E-state index < -0.39 is 26.8 Å². The molecule has 0 bridgehead atoms. The quantitative estimate of drug-likeness (QED) is 0.631. The summed E-state index contributed by atoms with van der Waals surface area (Å²) in [7, 11) is 0. The van der Waals surface area contributed by atoms with Crippen LogP contribution in [0.3, 0.4) is 0 Å². The van der Waals surface area contributed by atoms with Crippen molar-refractivity contribution in [1.82, 2.24) is 0 Å². The fraction of sp³-hybridized carbons (Fsp3) is 0.526. The average Bonchev–Trinajstić information content (AvgIpc) is 3.21. The maximum absolute atomic E-state index is 14.7. The summed E-state index contributed by atoms with van der Waals surface area (Å²) in [4.78, 5) is 4.66. The Labute approximate surface area is 172 Å². The van der Waals surface area contributed by atoms with Crippen molar-refractivity contribution in [2.24, 2.45) is 21.6 Å². The van der Waals surface area contributed by atoms with Gasteiger partial charge in [-0.25, -0.2) is 9.38 Å². The minimum absolute atomic E-state index is 0.114. The van der Waals surface area contributed by atoms with Gasteiger partial charge in [-0.2, -0.15) is 10.5 Å². The van der Waals surface area contributed by atoms with Crippen molar-refractivity contribution in [2.75, 3.05) is 11.5 Å². The summed E-state index contributed by atoms with van der Waals surface area (Å²) >= 11 is 9.37. The molecule has 3 rings (SSSR count). The van der Waals surface area contributed by atoms with E-state index in [1.165, 1.54) is 35.7 Å². The van der Waals surface area contributed by atoms with Crippen molar-refractivity contribution in [2.45, 2.75) is 36.8 Å². The van der Waals surface area contributed by atoms with Crippen molar-refractivity contribution < 1.29 is 4.39 Å². The number of nitrogens with two attached hydrogens (primary N) is 1. The van der Waals surface area contributed by atoms with E-state index in [9.17, 15) is 14.9 Å². The lowest BCUT2D eigenvalue weighted by molar-refractivity contribution is 0.551. The maximum Gasteiger partial charge on any atom is 0.175 e. The number of hydrogen-bond donors (Lipinski definition) is 1. The van der Waals surface area contributed by atoms with Crippen molar-refractivity contribution >= 4 is 41.0 Å². The van der Waals surface area contributed by atoms with Crippen LogP contribution in [0.25, 0.3) is 0 Å². The Balaban J connectivity index is 2.23. The highest BCUT2D eigenvalue weighted by Crippen LogP contribution is 2.86. The molecule has 1 aliphatic heterocycles. The first-order chi connectivity index (χ1) is 12.9. The molecule has 0 amide bonds. The van der Waals surface area contributed by atoms with Crippen LogP contribution in [0.4, 0.5) is 4.39 Å². The Bertz CT molecular complexity index is 849. The topological polar surface area (TPSA) is 86.0 Å². The largest absolute Gasteiger partial charge is 0.386 e. The highest BCUT2D eigenvalue weighted by atomic mass is 35.5. The second-order valence-electron chi connectivity index (χ2n) is 6.68. The number of aliphatic imine (C=N–C) groups is 1. The van der Waals surface area contributed by atoms with Crippen molar-refractivity contribution in [3.63, 3.8) is 0 Å². The minimum Gasteiger partial charge on any atom is -0.386 e. The normalized spacial score (nSPS) is 30.1. The van der Waals surface area contributed by atoms with Gasteiger partial charge in [-0.05, 0) is 36.5 Å². The number of halogens is 2. The number of hydrogen-bond acceptors (Lipinski definition) is 6. The molecule has 142 valence electrons. The van der Waals surface area contributed by atoms with Gasteiger partial charge in [-0.15, -0.1) is 23.5 Å². The molecule has 1 aromatic carbocycles. The minimum atomic E-state index is -1.35. The molecule has 1 saturated carbocycles. The molecule has 3 atom stereocenters. The van der Waals surface area contributed by atoms with Gasteiger partial charge in [0.25, 0.3) is 0 Å². The van der Waals surface area contributed by atoms with Gasteiger partial charge in [0, 0.05) is 16.5 Å². The summed E-state index contributed by atoms with van der Waals surface area (Å²) in [6, 6.07) is 9.00. The molecule has 27 heavy (non-hydrogen) atoms. The van der Waals surface area contributed by atoms with Gasteiger partial charge in [0.2, 0.25) is 0 Å². The lowest BCUT2D eigenvalue weighted by Gasteiger charge is -2.32. The SMILES string of the molecule is CCCSC1(SCCC)N=C(N)C2(C#N)C(c3c(F)cccc3Cl)C12C#N. The molecule has 0 aromatic heterocycles. The smallest absolute Gasteiger partial charge is 0.175 e. The first kappa shape index (κ1) is 20.3. The molecule has 1 heterocycles. The van der Waals surface area contributed by atoms with E-state index in [2.05, 4.69) is 17.1 Å². The van der Waals surface area contributed by atoms with E-state index in [4.69, 9.17) is 17.3 Å². The number of amidine groups is 1. The Morgan fingerprint density at radius 3 is 2.33 bits per heavy atom. The average molecular weight is 423 g/mol. The van der Waals surface area contributed by atoms with Gasteiger partial charge in [0.05, 0.1) is 12.1 Å². The van der Waals surface area contributed by atoms with Gasteiger partial charge in [-0.1, -0.05) is 31.5 Å². The van der Waals surface area contributed by atoms with Crippen molar-refractivity contribution in [3.05, 3.63) is 34.6 Å². The summed E-state index contributed by atoms with van der Waals surface area (Å²) in [5, 5.41) is 20.6. The molecule has 3 unspecified atom stereocenters. The summed E-state index contributed by atoms with van der Waals surface area (Å²) in [6.45, 7) is 4.09. The summed E-state index contributed by atoms with van der Waals surface area (Å²) in [6.07, 6.45) is 1.78. The first-order valence-corrected chi connectivity index (χ1v) is 11.2. The molecule has 4 nitrogen and oxygen atoms in total. The van der Waals surface area contributed by atoms with Crippen molar-refractivity contribution in [3.8, 4) is 12.1 Å². The zero-order valence-electron chi connectivity index (χ0n) is 15.1. The number of rotatable bonds is 7. The predicted octanol–water partition coefficient (Wildman–Crippen LogP) is 4.91. The second kappa shape index (κ2) is 7.20. The number of nitrogens with zero attached hydrogens (tertiary/aromatic N) is 3. The third kappa shape index (κ3) is 2.45. The van der Waals surface area contributed by atoms with E-state index in [-0.39, 0.29) is 16.4 Å². The second-order valence-corrected chi connectivity index (χ2v) is 9.92. The van der Waals surface area contributed by atoms with E-state index in [1.807, 2.05) is 13.8 Å².